The maximum absolute atomic E-state index is 9.86. The summed E-state index contributed by atoms with van der Waals surface area (Å²) in [6.45, 7) is 0.769. The Labute approximate surface area is 45.1 Å². The van der Waals surface area contributed by atoms with Crippen molar-refractivity contribution in [2.24, 2.45) is 0 Å². The van der Waals surface area contributed by atoms with Gasteiger partial charge in [0, 0.05) is 6.92 Å². The van der Waals surface area contributed by atoms with E-state index in [1.165, 1.54) is 0 Å². The van der Waals surface area contributed by atoms with Gasteiger partial charge < -0.3 is 10.2 Å². The van der Waals surface area contributed by atoms with E-state index in [-0.39, 0.29) is 0 Å². The standard InChI is InChI=1S/C3H6O5/c1-3(5,6)2(4)8-7/h5-7H,1H3. The molecule has 0 aromatic heterocycles. The van der Waals surface area contributed by atoms with Crippen molar-refractivity contribution in [3.63, 3.8) is 0 Å². The normalized spacial score (nSPS) is 11.0. The second-order valence-corrected chi connectivity index (χ2v) is 1.40. The Balaban J connectivity index is 3.82. The van der Waals surface area contributed by atoms with E-state index in [0.717, 1.165) is 6.92 Å². The average Bonchev–Trinajstić information content (AvgIpc) is 1.62. The molecule has 0 saturated carbocycles. The van der Waals surface area contributed by atoms with Crippen molar-refractivity contribution >= 4 is 5.97 Å². The first kappa shape index (κ1) is 7.35. The van der Waals surface area contributed by atoms with E-state index in [4.69, 9.17) is 15.5 Å². The van der Waals surface area contributed by atoms with Gasteiger partial charge in [0.25, 0.3) is 5.79 Å². The molecular weight excluding hydrogens is 116 g/mol. The fourth-order valence-electron chi connectivity index (χ4n) is 0.0865. The van der Waals surface area contributed by atoms with Gasteiger partial charge in [0.2, 0.25) is 0 Å². The second-order valence-electron chi connectivity index (χ2n) is 1.40. The molecule has 5 heteroatoms. The molecule has 0 aliphatic carbocycles. The number of carbonyl (C=O) groups excluding carboxylic acids is 1. The highest BCUT2D eigenvalue weighted by molar-refractivity contribution is 5.75. The number of aliphatic hydroxyl groups is 2. The number of hydrogen-bond donors (Lipinski definition) is 3. The van der Waals surface area contributed by atoms with Crippen LogP contribution in [0.2, 0.25) is 0 Å². The summed E-state index contributed by atoms with van der Waals surface area (Å²) in [6, 6.07) is 0. The van der Waals surface area contributed by atoms with Crippen LogP contribution in [0.4, 0.5) is 0 Å². The molecule has 0 aromatic rings. The van der Waals surface area contributed by atoms with Gasteiger partial charge in [-0.15, -0.1) is 0 Å². The van der Waals surface area contributed by atoms with Gasteiger partial charge in [-0.1, -0.05) is 0 Å². The minimum atomic E-state index is -2.60. The molecular formula is C3H6O5. The molecule has 0 aromatic carbocycles. The zero-order chi connectivity index (χ0) is 6.78. The van der Waals surface area contributed by atoms with Crippen molar-refractivity contribution in [1.29, 1.82) is 0 Å². The predicted molar refractivity (Wildman–Crippen MR) is 21.6 cm³/mol. The molecule has 0 heterocycles. The summed E-state index contributed by atoms with van der Waals surface area (Å²) in [5.74, 6) is -4.10. The van der Waals surface area contributed by atoms with Crippen molar-refractivity contribution in [3.05, 3.63) is 0 Å². The number of rotatable bonds is 1. The van der Waals surface area contributed by atoms with Crippen LogP contribution >= 0.6 is 0 Å². The maximum atomic E-state index is 9.86. The van der Waals surface area contributed by atoms with Crippen molar-refractivity contribution in [1.82, 2.24) is 0 Å². The largest absolute Gasteiger partial charge is 0.400 e. The first-order valence-electron chi connectivity index (χ1n) is 1.79. The van der Waals surface area contributed by atoms with Crippen molar-refractivity contribution in [2.45, 2.75) is 12.7 Å². The van der Waals surface area contributed by atoms with Gasteiger partial charge in [-0.2, -0.15) is 5.26 Å². The van der Waals surface area contributed by atoms with E-state index in [1.54, 1.807) is 0 Å². The first-order chi connectivity index (χ1) is 3.48. The second kappa shape index (κ2) is 2.08. The van der Waals surface area contributed by atoms with E-state index in [9.17, 15) is 4.79 Å². The highest BCUT2D eigenvalue weighted by Crippen LogP contribution is 1.97. The van der Waals surface area contributed by atoms with E-state index in [0.29, 0.717) is 0 Å². The summed E-state index contributed by atoms with van der Waals surface area (Å²) < 4.78 is 0. The van der Waals surface area contributed by atoms with Gasteiger partial charge in [-0.3, -0.25) is 4.89 Å². The molecule has 0 radical (unpaired) electrons. The summed E-state index contributed by atoms with van der Waals surface area (Å²) in [7, 11) is 0. The number of carbonyl (C=O) groups is 1. The lowest BCUT2D eigenvalue weighted by molar-refractivity contribution is -0.273. The lowest BCUT2D eigenvalue weighted by Crippen LogP contribution is -2.35. The number of hydrogen-bond acceptors (Lipinski definition) is 5. The lowest BCUT2D eigenvalue weighted by Gasteiger charge is -2.08. The fraction of sp³-hybridized carbons (Fsp3) is 0.667. The van der Waals surface area contributed by atoms with E-state index in [2.05, 4.69) is 4.89 Å². The SMILES string of the molecule is CC(O)(O)C(=O)OO. The molecule has 0 aliphatic rings. The van der Waals surface area contributed by atoms with E-state index >= 15 is 0 Å². The predicted octanol–water partition coefficient (Wildman–Crippen LogP) is -1.30. The lowest BCUT2D eigenvalue weighted by atomic mass is 10.3. The third kappa shape index (κ3) is 1.87. The first-order valence-corrected chi connectivity index (χ1v) is 1.79. The Morgan fingerprint density at radius 1 is 1.62 bits per heavy atom. The molecule has 0 atom stereocenters. The molecule has 0 spiro atoms. The van der Waals surface area contributed by atoms with Gasteiger partial charge in [-0.25, -0.2) is 4.79 Å². The highest BCUT2D eigenvalue weighted by atomic mass is 17.1. The van der Waals surface area contributed by atoms with Gasteiger partial charge in [0.15, 0.2) is 0 Å². The van der Waals surface area contributed by atoms with Gasteiger partial charge >= 0.3 is 5.97 Å². The Bertz CT molecular complexity index is 90.3. The minimum Gasteiger partial charge on any atom is -0.357 e. The molecule has 0 aliphatic heterocycles. The molecule has 5 nitrogen and oxygen atoms in total. The summed E-state index contributed by atoms with van der Waals surface area (Å²) >= 11 is 0. The minimum absolute atomic E-state index is 0.769. The Kier molecular flexibility index (Phi) is 1.91. The molecule has 0 fully saturated rings. The van der Waals surface area contributed by atoms with Gasteiger partial charge in [-0.05, 0) is 0 Å². The molecule has 8 heavy (non-hydrogen) atoms. The van der Waals surface area contributed by atoms with Crippen LogP contribution in [0.3, 0.4) is 0 Å². The van der Waals surface area contributed by atoms with Crippen LogP contribution in [0.25, 0.3) is 0 Å². The smallest absolute Gasteiger partial charge is 0.357 e. The summed E-state index contributed by atoms with van der Waals surface area (Å²) in [4.78, 5) is 12.8. The third-order valence-corrected chi connectivity index (χ3v) is 0.470. The van der Waals surface area contributed by atoms with Crippen molar-refractivity contribution in [3.8, 4) is 0 Å². The molecule has 0 unspecified atom stereocenters. The average molecular weight is 122 g/mol. The van der Waals surface area contributed by atoms with Crippen LogP contribution in [-0.4, -0.2) is 27.2 Å². The third-order valence-electron chi connectivity index (χ3n) is 0.470. The monoisotopic (exact) mass is 122 g/mol. The van der Waals surface area contributed by atoms with Crippen LogP contribution in [-0.2, 0) is 9.68 Å². The quantitative estimate of drug-likeness (QED) is 0.228. The summed E-state index contributed by atoms with van der Waals surface area (Å²) in [6.07, 6.45) is 0. The van der Waals surface area contributed by atoms with Crippen molar-refractivity contribution < 1.29 is 25.2 Å². The molecule has 0 bridgehead atoms. The molecule has 0 rings (SSSR count). The van der Waals surface area contributed by atoms with Crippen LogP contribution in [0.5, 0.6) is 0 Å². The van der Waals surface area contributed by atoms with Crippen LogP contribution in [0, 0.1) is 0 Å². The van der Waals surface area contributed by atoms with Crippen LogP contribution < -0.4 is 0 Å². The van der Waals surface area contributed by atoms with E-state index < -0.39 is 11.8 Å². The van der Waals surface area contributed by atoms with Gasteiger partial charge in [0.1, 0.15) is 0 Å². The van der Waals surface area contributed by atoms with Crippen LogP contribution in [0.15, 0.2) is 0 Å². The Morgan fingerprint density at radius 3 is 2.00 bits per heavy atom. The van der Waals surface area contributed by atoms with Crippen LogP contribution in [0.1, 0.15) is 6.92 Å². The highest BCUT2D eigenvalue weighted by Gasteiger charge is 2.28. The van der Waals surface area contributed by atoms with Gasteiger partial charge in [0.05, 0.1) is 0 Å². The Hall–Kier alpha value is -0.650. The topological polar surface area (TPSA) is 87.0 Å². The van der Waals surface area contributed by atoms with Crippen molar-refractivity contribution in [2.75, 3.05) is 0 Å². The Morgan fingerprint density at radius 2 is 2.00 bits per heavy atom. The molecule has 3 N–H and O–H groups in total. The molecule has 0 amide bonds. The summed E-state index contributed by atoms with van der Waals surface area (Å²) in [5, 5.41) is 23.9. The summed E-state index contributed by atoms with van der Waals surface area (Å²) in [5.41, 5.74) is 0. The zero-order valence-electron chi connectivity index (χ0n) is 4.16. The molecule has 0 saturated heterocycles. The maximum Gasteiger partial charge on any atom is 0.400 e. The molecule has 48 valence electrons. The zero-order valence-corrected chi connectivity index (χ0v) is 4.16. The fourth-order valence-corrected chi connectivity index (χ4v) is 0.0865. The van der Waals surface area contributed by atoms with E-state index in [1.807, 2.05) is 0 Å².